The van der Waals surface area contributed by atoms with Gasteiger partial charge in [0.05, 0.1) is 0 Å². The summed E-state index contributed by atoms with van der Waals surface area (Å²) in [5, 5.41) is 0. The van der Waals surface area contributed by atoms with Crippen LogP contribution in [0, 0.1) is 17.3 Å². The molecule has 88 valence electrons. The van der Waals surface area contributed by atoms with Crippen molar-refractivity contribution in [1.29, 1.82) is 0 Å². The topological polar surface area (TPSA) is 17.1 Å². The summed E-state index contributed by atoms with van der Waals surface area (Å²) < 4.78 is 0. The molecule has 1 aromatic carbocycles. The van der Waals surface area contributed by atoms with Crippen LogP contribution in [0.3, 0.4) is 0 Å². The van der Waals surface area contributed by atoms with Gasteiger partial charge in [-0.3, -0.25) is 4.79 Å². The van der Waals surface area contributed by atoms with Crippen LogP contribution in [0.1, 0.15) is 45.0 Å². The van der Waals surface area contributed by atoms with E-state index < -0.39 is 0 Å². The third kappa shape index (κ3) is 2.94. The number of ketones is 1. The highest BCUT2D eigenvalue weighted by Crippen LogP contribution is 2.34. The van der Waals surface area contributed by atoms with Gasteiger partial charge in [-0.1, -0.05) is 65.0 Å². The fourth-order valence-corrected chi connectivity index (χ4v) is 2.48. The summed E-state index contributed by atoms with van der Waals surface area (Å²) in [5.41, 5.74) is 0.845. The molecule has 0 aliphatic heterocycles. The lowest BCUT2D eigenvalue weighted by Crippen LogP contribution is -2.33. The second kappa shape index (κ2) is 4.82. The van der Waals surface area contributed by atoms with E-state index in [4.69, 9.17) is 0 Å². The van der Waals surface area contributed by atoms with Crippen molar-refractivity contribution in [2.75, 3.05) is 0 Å². The second-order valence-electron chi connectivity index (χ2n) is 5.82. The van der Waals surface area contributed by atoms with Gasteiger partial charge in [0, 0.05) is 11.5 Å². The molecule has 0 bridgehead atoms. The van der Waals surface area contributed by atoms with Gasteiger partial charge in [-0.25, -0.2) is 0 Å². The summed E-state index contributed by atoms with van der Waals surface area (Å²) >= 11 is 0. The lowest BCUT2D eigenvalue weighted by molar-refractivity contribution is 0.0743. The van der Waals surface area contributed by atoms with Crippen LogP contribution in [0.15, 0.2) is 30.3 Å². The Bertz CT molecular complexity index is 343. The molecule has 1 aromatic rings. The molecule has 0 aliphatic carbocycles. The van der Waals surface area contributed by atoms with Crippen LogP contribution in [0.2, 0.25) is 0 Å². The maximum Gasteiger partial charge on any atom is 0.166 e. The lowest BCUT2D eigenvalue weighted by atomic mass is 9.70. The van der Waals surface area contributed by atoms with E-state index >= 15 is 0 Å². The molecule has 1 unspecified atom stereocenters. The van der Waals surface area contributed by atoms with E-state index in [9.17, 15) is 4.79 Å². The van der Waals surface area contributed by atoms with E-state index in [1.807, 2.05) is 30.3 Å². The van der Waals surface area contributed by atoms with Crippen molar-refractivity contribution in [1.82, 2.24) is 0 Å². The first-order valence-corrected chi connectivity index (χ1v) is 5.93. The minimum Gasteiger partial charge on any atom is -0.294 e. The number of rotatable bonds is 3. The normalized spacial score (nSPS) is 13.9. The number of benzene rings is 1. The van der Waals surface area contributed by atoms with Crippen LogP contribution in [0.25, 0.3) is 0 Å². The van der Waals surface area contributed by atoms with E-state index in [-0.39, 0.29) is 17.1 Å². The molecule has 0 spiro atoms. The summed E-state index contributed by atoms with van der Waals surface area (Å²) in [6.45, 7) is 10.7. The molecule has 0 saturated heterocycles. The van der Waals surface area contributed by atoms with Crippen LogP contribution in [-0.4, -0.2) is 5.78 Å². The molecule has 0 fully saturated rings. The molecular formula is C15H22O. The van der Waals surface area contributed by atoms with Crippen LogP contribution < -0.4 is 0 Å². The van der Waals surface area contributed by atoms with Crippen molar-refractivity contribution in [3.05, 3.63) is 35.9 Å². The van der Waals surface area contributed by atoms with E-state index in [0.717, 1.165) is 5.56 Å². The summed E-state index contributed by atoms with van der Waals surface area (Å²) in [6, 6.07) is 9.60. The van der Waals surface area contributed by atoms with Crippen LogP contribution >= 0.6 is 0 Å². The van der Waals surface area contributed by atoms with Gasteiger partial charge < -0.3 is 0 Å². The third-order valence-electron chi connectivity index (χ3n) is 2.94. The standard InChI is InChI=1S/C15H22O/c1-11(2)13(15(3,4)5)14(16)12-9-7-6-8-10-12/h6-11,13H,1-5H3. The molecule has 0 aliphatic rings. The summed E-state index contributed by atoms with van der Waals surface area (Å²) in [7, 11) is 0. The third-order valence-corrected chi connectivity index (χ3v) is 2.94. The molecule has 0 heterocycles. The number of hydrogen-bond acceptors (Lipinski definition) is 1. The lowest BCUT2D eigenvalue weighted by Gasteiger charge is -2.32. The van der Waals surface area contributed by atoms with Gasteiger partial charge in [0.15, 0.2) is 5.78 Å². The highest BCUT2D eigenvalue weighted by atomic mass is 16.1. The van der Waals surface area contributed by atoms with Crippen LogP contribution in [0.4, 0.5) is 0 Å². The number of hydrogen-bond donors (Lipinski definition) is 0. The number of Topliss-reactive ketones (excluding diaryl/α,β-unsaturated/α-hetero) is 1. The monoisotopic (exact) mass is 218 g/mol. The molecule has 0 radical (unpaired) electrons. The van der Waals surface area contributed by atoms with E-state index in [2.05, 4.69) is 34.6 Å². The maximum atomic E-state index is 12.4. The van der Waals surface area contributed by atoms with Gasteiger partial charge in [-0.05, 0) is 11.3 Å². The van der Waals surface area contributed by atoms with E-state index in [1.54, 1.807) is 0 Å². The van der Waals surface area contributed by atoms with Crippen LogP contribution in [-0.2, 0) is 0 Å². The predicted octanol–water partition coefficient (Wildman–Crippen LogP) is 4.19. The van der Waals surface area contributed by atoms with Gasteiger partial charge in [-0.2, -0.15) is 0 Å². The quantitative estimate of drug-likeness (QED) is 0.695. The molecule has 1 atom stereocenters. The Kier molecular flexibility index (Phi) is 3.90. The Labute approximate surface area is 98.9 Å². The average molecular weight is 218 g/mol. The Morgan fingerprint density at radius 2 is 1.56 bits per heavy atom. The van der Waals surface area contributed by atoms with Crippen molar-refractivity contribution < 1.29 is 4.79 Å². The van der Waals surface area contributed by atoms with Gasteiger partial charge >= 0.3 is 0 Å². The highest BCUT2D eigenvalue weighted by molar-refractivity contribution is 5.98. The fourth-order valence-electron chi connectivity index (χ4n) is 2.48. The molecule has 0 N–H and O–H groups in total. The molecule has 1 nitrogen and oxygen atoms in total. The van der Waals surface area contributed by atoms with E-state index in [0.29, 0.717) is 5.92 Å². The first-order valence-electron chi connectivity index (χ1n) is 5.93. The largest absolute Gasteiger partial charge is 0.294 e. The molecule has 16 heavy (non-hydrogen) atoms. The van der Waals surface area contributed by atoms with Crippen molar-refractivity contribution in [3.63, 3.8) is 0 Å². The fraction of sp³-hybridized carbons (Fsp3) is 0.533. The maximum absolute atomic E-state index is 12.4. The first-order chi connectivity index (χ1) is 7.34. The SMILES string of the molecule is CC(C)C(C(=O)c1ccccc1)C(C)(C)C. The molecule has 1 heteroatoms. The van der Waals surface area contributed by atoms with Crippen molar-refractivity contribution >= 4 is 5.78 Å². The van der Waals surface area contributed by atoms with Crippen molar-refractivity contribution in [2.24, 2.45) is 17.3 Å². The zero-order chi connectivity index (χ0) is 12.3. The number of carbonyl (C=O) groups excluding carboxylic acids is 1. The summed E-state index contributed by atoms with van der Waals surface area (Å²) in [4.78, 5) is 12.4. The van der Waals surface area contributed by atoms with Gasteiger partial charge in [0.2, 0.25) is 0 Å². The van der Waals surface area contributed by atoms with E-state index in [1.165, 1.54) is 0 Å². The smallest absolute Gasteiger partial charge is 0.166 e. The zero-order valence-electron chi connectivity index (χ0n) is 10.9. The summed E-state index contributed by atoms with van der Waals surface area (Å²) in [5.74, 6) is 0.714. The minimum absolute atomic E-state index is 0.0150. The molecule has 0 aromatic heterocycles. The van der Waals surface area contributed by atoms with Gasteiger partial charge in [0.1, 0.15) is 0 Å². The Morgan fingerprint density at radius 3 is 1.94 bits per heavy atom. The average Bonchev–Trinajstić information content (AvgIpc) is 2.16. The predicted molar refractivity (Wildman–Crippen MR) is 68.6 cm³/mol. The van der Waals surface area contributed by atoms with Crippen molar-refractivity contribution in [3.8, 4) is 0 Å². The van der Waals surface area contributed by atoms with Crippen molar-refractivity contribution in [2.45, 2.75) is 34.6 Å². The Hall–Kier alpha value is -1.11. The van der Waals surface area contributed by atoms with Gasteiger partial charge in [-0.15, -0.1) is 0 Å². The molecule has 1 rings (SSSR count). The zero-order valence-corrected chi connectivity index (χ0v) is 10.9. The first kappa shape index (κ1) is 13.0. The number of carbonyl (C=O) groups is 1. The Balaban J connectivity index is 3.02. The Morgan fingerprint density at radius 1 is 1.06 bits per heavy atom. The minimum atomic E-state index is 0.0150. The molecule has 0 amide bonds. The highest BCUT2D eigenvalue weighted by Gasteiger charge is 2.33. The summed E-state index contributed by atoms with van der Waals surface area (Å²) in [6.07, 6.45) is 0. The van der Waals surface area contributed by atoms with Gasteiger partial charge in [0.25, 0.3) is 0 Å². The van der Waals surface area contributed by atoms with Crippen LogP contribution in [0.5, 0.6) is 0 Å². The second-order valence-corrected chi connectivity index (χ2v) is 5.82. The molecule has 0 saturated carbocycles. The molecular weight excluding hydrogens is 196 g/mol.